The van der Waals surface area contributed by atoms with Crippen molar-refractivity contribution in [1.29, 1.82) is 0 Å². The Balaban J connectivity index is 1.32. The minimum atomic E-state index is 0.348. The van der Waals surface area contributed by atoms with E-state index in [2.05, 4.69) is 45.0 Å². The van der Waals surface area contributed by atoms with E-state index in [0.29, 0.717) is 18.2 Å². The molecule has 3 atom stereocenters. The maximum absolute atomic E-state index is 5.91. The Morgan fingerprint density at radius 2 is 2.24 bits per heavy atom. The Bertz CT molecular complexity index is 727. The van der Waals surface area contributed by atoms with Gasteiger partial charge in [0.1, 0.15) is 0 Å². The van der Waals surface area contributed by atoms with Crippen molar-refractivity contribution in [3.8, 4) is 0 Å². The summed E-state index contributed by atoms with van der Waals surface area (Å²) in [5.41, 5.74) is 2.48. The van der Waals surface area contributed by atoms with Crippen molar-refractivity contribution in [2.24, 2.45) is 4.99 Å². The fraction of sp³-hybridized carbons (Fsp3) is 0.474. The molecule has 0 spiro atoms. The maximum atomic E-state index is 5.91. The van der Waals surface area contributed by atoms with Crippen LogP contribution < -0.4 is 10.6 Å². The minimum absolute atomic E-state index is 0.348. The van der Waals surface area contributed by atoms with Gasteiger partial charge in [-0.15, -0.1) is 0 Å². The number of nitrogens with zero attached hydrogens (tertiary/aromatic N) is 3. The largest absolute Gasteiger partial charge is 0.373 e. The number of benzene rings is 1. The summed E-state index contributed by atoms with van der Waals surface area (Å²) in [6.45, 7) is 1.53. The van der Waals surface area contributed by atoms with E-state index >= 15 is 0 Å². The molecule has 1 aromatic heterocycles. The number of fused-ring (bicyclic) bond motifs is 2. The molecule has 2 saturated heterocycles. The quantitative estimate of drug-likeness (QED) is 0.645. The van der Waals surface area contributed by atoms with Crippen LogP contribution in [0, 0.1) is 0 Å². The Labute approximate surface area is 148 Å². The summed E-state index contributed by atoms with van der Waals surface area (Å²) in [5, 5.41) is 11.2. The summed E-state index contributed by atoms with van der Waals surface area (Å²) < 4.78 is 7.84. The SMILES string of the molecule is CN=C(NCc1cccc(Cn2cccn2)c1)NC1CC2CCC1O2. The lowest BCUT2D eigenvalue weighted by atomic mass is 9.96. The monoisotopic (exact) mass is 339 g/mol. The molecule has 0 saturated carbocycles. The number of aromatic nitrogens is 2. The second kappa shape index (κ2) is 7.27. The van der Waals surface area contributed by atoms with Gasteiger partial charge >= 0.3 is 0 Å². The van der Waals surface area contributed by atoms with Crippen LogP contribution in [0.15, 0.2) is 47.7 Å². The second-order valence-electron chi connectivity index (χ2n) is 6.81. The van der Waals surface area contributed by atoms with Crippen LogP contribution >= 0.6 is 0 Å². The van der Waals surface area contributed by atoms with Gasteiger partial charge in [0.05, 0.1) is 24.8 Å². The molecule has 0 radical (unpaired) electrons. The number of aliphatic imine (C=N–C) groups is 1. The smallest absolute Gasteiger partial charge is 0.191 e. The standard InChI is InChI=1S/C19H25N5O/c1-20-19(23-17-11-16-6-7-18(17)25-16)21-12-14-4-2-5-15(10-14)13-24-9-3-8-22-24/h2-5,8-10,16-18H,6-7,11-13H2,1H3,(H2,20,21,23). The number of rotatable bonds is 5. The molecule has 3 heterocycles. The third-order valence-corrected chi connectivity index (χ3v) is 5.01. The lowest BCUT2D eigenvalue weighted by Gasteiger charge is -2.22. The molecule has 4 rings (SSSR count). The van der Waals surface area contributed by atoms with Crippen LogP contribution in [0.4, 0.5) is 0 Å². The first-order valence-corrected chi connectivity index (χ1v) is 8.98. The van der Waals surface area contributed by atoms with Crippen LogP contribution in [-0.2, 0) is 17.8 Å². The maximum Gasteiger partial charge on any atom is 0.191 e. The highest BCUT2D eigenvalue weighted by atomic mass is 16.5. The van der Waals surface area contributed by atoms with Gasteiger partial charge in [-0.3, -0.25) is 9.67 Å². The van der Waals surface area contributed by atoms with E-state index in [1.807, 2.05) is 24.0 Å². The summed E-state index contributed by atoms with van der Waals surface area (Å²) in [7, 11) is 1.82. The summed E-state index contributed by atoms with van der Waals surface area (Å²) >= 11 is 0. The molecule has 0 aliphatic carbocycles. The van der Waals surface area contributed by atoms with Crippen LogP contribution in [0.3, 0.4) is 0 Å². The second-order valence-corrected chi connectivity index (χ2v) is 6.81. The Morgan fingerprint density at radius 1 is 1.32 bits per heavy atom. The lowest BCUT2D eigenvalue weighted by molar-refractivity contribution is 0.0992. The van der Waals surface area contributed by atoms with Gasteiger partial charge in [-0.1, -0.05) is 24.3 Å². The summed E-state index contributed by atoms with van der Waals surface area (Å²) in [6, 6.07) is 10.9. The van der Waals surface area contributed by atoms with E-state index in [9.17, 15) is 0 Å². The zero-order chi connectivity index (χ0) is 17.1. The molecule has 2 aliphatic rings. The molecule has 2 fully saturated rings. The molecule has 6 nitrogen and oxygen atoms in total. The zero-order valence-electron chi connectivity index (χ0n) is 14.6. The van der Waals surface area contributed by atoms with Crippen LogP contribution in [0.25, 0.3) is 0 Å². The van der Waals surface area contributed by atoms with E-state index in [4.69, 9.17) is 4.74 Å². The van der Waals surface area contributed by atoms with Gasteiger partial charge in [0.15, 0.2) is 5.96 Å². The number of hydrogen-bond donors (Lipinski definition) is 2. The zero-order valence-corrected chi connectivity index (χ0v) is 14.6. The summed E-state index contributed by atoms with van der Waals surface area (Å²) in [4.78, 5) is 4.36. The van der Waals surface area contributed by atoms with E-state index in [-0.39, 0.29) is 0 Å². The molecule has 2 aliphatic heterocycles. The van der Waals surface area contributed by atoms with Gasteiger partial charge in [-0.05, 0) is 36.5 Å². The lowest BCUT2D eigenvalue weighted by Crippen LogP contribution is -2.47. The Morgan fingerprint density at radius 3 is 2.96 bits per heavy atom. The number of ether oxygens (including phenoxy) is 1. The Kier molecular flexibility index (Phi) is 4.70. The van der Waals surface area contributed by atoms with Gasteiger partial charge in [-0.25, -0.2) is 0 Å². The van der Waals surface area contributed by atoms with Crippen molar-refractivity contribution in [3.05, 3.63) is 53.9 Å². The summed E-state index contributed by atoms with van der Waals surface area (Å²) in [6.07, 6.45) is 8.03. The minimum Gasteiger partial charge on any atom is -0.373 e. The van der Waals surface area contributed by atoms with E-state index in [1.165, 1.54) is 17.5 Å². The van der Waals surface area contributed by atoms with Crippen molar-refractivity contribution in [3.63, 3.8) is 0 Å². The van der Waals surface area contributed by atoms with Crippen LogP contribution in [0.5, 0.6) is 0 Å². The first kappa shape index (κ1) is 16.1. The summed E-state index contributed by atoms with van der Waals surface area (Å²) in [5.74, 6) is 0.846. The molecular weight excluding hydrogens is 314 g/mol. The van der Waals surface area contributed by atoms with Crippen LogP contribution in [0.1, 0.15) is 30.4 Å². The van der Waals surface area contributed by atoms with Gasteiger partial charge in [0.2, 0.25) is 0 Å². The molecule has 6 heteroatoms. The first-order valence-electron chi connectivity index (χ1n) is 8.98. The number of nitrogens with one attached hydrogen (secondary N) is 2. The van der Waals surface area contributed by atoms with Crippen molar-refractivity contribution < 1.29 is 4.74 Å². The molecule has 0 amide bonds. The van der Waals surface area contributed by atoms with Crippen LogP contribution in [0.2, 0.25) is 0 Å². The van der Waals surface area contributed by atoms with E-state index in [1.54, 1.807) is 6.20 Å². The average Bonchev–Trinajstić information content (AvgIpc) is 3.37. The first-order chi connectivity index (χ1) is 12.3. The van der Waals surface area contributed by atoms with Crippen molar-refractivity contribution in [1.82, 2.24) is 20.4 Å². The van der Waals surface area contributed by atoms with Gasteiger partial charge in [0.25, 0.3) is 0 Å². The predicted octanol–water partition coefficient (Wildman–Crippen LogP) is 1.92. The Hall–Kier alpha value is -2.34. The van der Waals surface area contributed by atoms with Crippen LogP contribution in [-0.4, -0.2) is 41.0 Å². The molecule has 25 heavy (non-hydrogen) atoms. The average molecular weight is 339 g/mol. The highest BCUT2D eigenvalue weighted by Crippen LogP contribution is 2.34. The molecule has 2 N–H and O–H groups in total. The number of guanidine groups is 1. The molecule has 2 aromatic rings. The third kappa shape index (κ3) is 3.85. The number of hydrogen-bond acceptors (Lipinski definition) is 3. The molecule has 132 valence electrons. The molecule has 1 aromatic carbocycles. The van der Waals surface area contributed by atoms with Gasteiger partial charge in [-0.2, -0.15) is 5.10 Å². The van der Waals surface area contributed by atoms with E-state index in [0.717, 1.165) is 31.9 Å². The van der Waals surface area contributed by atoms with Crippen molar-refractivity contribution >= 4 is 5.96 Å². The fourth-order valence-corrected chi connectivity index (χ4v) is 3.76. The third-order valence-electron chi connectivity index (χ3n) is 5.01. The van der Waals surface area contributed by atoms with E-state index < -0.39 is 0 Å². The van der Waals surface area contributed by atoms with Crippen molar-refractivity contribution in [2.75, 3.05) is 7.05 Å². The predicted molar refractivity (Wildman–Crippen MR) is 97.4 cm³/mol. The normalized spacial score (nSPS) is 25.3. The highest BCUT2D eigenvalue weighted by molar-refractivity contribution is 5.80. The van der Waals surface area contributed by atoms with Gasteiger partial charge in [0, 0.05) is 26.0 Å². The molecular formula is C19H25N5O. The highest BCUT2D eigenvalue weighted by Gasteiger charge is 2.41. The topological polar surface area (TPSA) is 63.5 Å². The van der Waals surface area contributed by atoms with Gasteiger partial charge < -0.3 is 15.4 Å². The van der Waals surface area contributed by atoms with Crippen molar-refractivity contribution in [2.45, 2.75) is 50.6 Å². The molecule has 3 unspecified atom stereocenters. The molecule has 2 bridgehead atoms. The fourth-order valence-electron chi connectivity index (χ4n) is 3.76.